The summed E-state index contributed by atoms with van der Waals surface area (Å²) >= 11 is 0. The molecule has 20 heavy (non-hydrogen) atoms. The standard InChI is InChI=1S/C18H19NO/c1-12-8-9-16(13(2)10-12)18-11-15-6-4-5-7-17(15)19(18)14(3)20/h4-10,18H,11H2,1-3H3. The largest absolute Gasteiger partial charge is 0.305 e. The van der Waals surface area contributed by atoms with Crippen LogP contribution in [-0.4, -0.2) is 5.91 Å². The summed E-state index contributed by atoms with van der Waals surface area (Å²) in [7, 11) is 0. The first-order valence-corrected chi connectivity index (χ1v) is 7.03. The maximum Gasteiger partial charge on any atom is 0.224 e. The van der Waals surface area contributed by atoms with Crippen LogP contribution in [0.2, 0.25) is 0 Å². The minimum atomic E-state index is 0.111. The van der Waals surface area contributed by atoms with Crippen LogP contribution >= 0.6 is 0 Å². The smallest absolute Gasteiger partial charge is 0.224 e. The Morgan fingerprint density at radius 2 is 1.90 bits per heavy atom. The van der Waals surface area contributed by atoms with Gasteiger partial charge in [0, 0.05) is 12.6 Å². The van der Waals surface area contributed by atoms with Crippen molar-refractivity contribution in [1.29, 1.82) is 0 Å². The molecular weight excluding hydrogens is 246 g/mol. The highest BCUT2D eigenvalue weighted by atomic mass is 16.2. The number of amides is 1. The Labute approximate surface area is 120 Å². The molecule has 0 aliphatic carbocycles. The number of para-hydroxylation sites is 1. The normalized spacial score (nSPS) is 17.1. The lowest BCUT2D eigenvalue weighted by molar-refractivity contribution is -0.116. The average Bonchev–Trinajstić information content (AvgIpc) is 2.77. The Kier molecular flexibility index (Phi) is 3.09. The Bertz CT molecular complexity index is 675. The zero-order chi connectivity index (χ0) is 14.3. The van der Waals surface area contributed by atoms with Crippen LogP contribution in [-0.2, 0) is 11.2 Å². The van der Waals surface area contributed by atoms with Crippen molar-refractivity contribution in [2.45, 2.75) is 33.2 Å². The molecule has 1 unspecified atom stereocenters. The van der Waals surface area contributed by atoms with E-state index >= 15 is 0 Å². The first-order chi connectivity index (χ1) is 9.58. The maximum atomic E-state index is 12.1. The van der Waals surface area contributed by atoms with E-state index in [1.54, 1.807) is 6.92 Å². The van der Waals surface area contributed by atoms with Crippen LogP contribution in [0.15, 0.2) is 42.5 Å². The zero-order valence-electron chi connectivity index (χ0n) is 12.2. The fourth-order valence-electron chi connectivity index (χ4n) is 3.22. The lowest BCUT2D eigenvalue weighted by Gasteiger charge is -2.26. The van der Waals surface area contributed by atoms with Crippen LogP contribution in [0, 0.1) is 13.8 Å². The molecule has 2 aromatic carbocycles. The molecule has 102 valence electrons. The highest BCUT2D eigenvalue weighted by Crippen LogP contribution is 2.41. The summed E-state index contributed by atoms with van der Waals surface area (Å²) < 4.78 is 0. The van der Waals surface area contributed by atoms with Gasteiger partial charge in [-0.2, -0.15) is 0 Å². The lowest BCUT2D eigenvalue weighted by Crippen LogP contribution is -2.30. The topological polar surface area (TPSA) is 20.3 Å². The Morgan fingerprint density at radius 1 is 1.15 bits per heavy atom. The minimum Gasteiger partial charge on any atom is -0.305 e. The third kappa shape index (κ3) is 2.01. The number of aryl methyl sites for hydroxylation is 2. The van der Waals surface area contributed by atoms with E-state index in [4.69, 9.17) is 0 Å². The van der Waals surface area contributed by atoms with E-state index < -0.39 is 0 Å². The van der Waals surface area contributed by atoms with Crippen molar-refractivity contribution in [3.05, 3.63) is 64.7 Å². The van der Waals surface area contributed by atoms with Gasteiger partial charge in [-0.15, -0.1) is 0 Å². The number of fused-ring (bicyclic) bond motifs is 1. The van der Waals surface area contributed by atoms with Crippen molar-refractivity contribution in [1.82, 2.24) is 0 Å². The van der Waals surface area contributed by atoms with Crippen LogP contribution < -0.4 is 4.90 Å². The number of hydrogen-bond donors (Lipinski definition) is 0. The van der Waals surface area contributed by atoms with Crippen LogP contribution in [0.3, 0.4) is 0 Å². The molecular formula is C18H19NO. The van der Waals surface area contributed by atoms with Gasteiger partial charge in [-0.3, -0.25) is 4.79 Å². The molecule has 1 atom stereocenters. The monoisotopic (exact) mass is 265 g/mol. The Morgan fingerprint density at radius 3 is 2.60 bits per heavy atom. The molecule has 1 amide bonds. The van der Waals surface area contributed by atoms with Crippen molar-refractivity contribution >= 4 is 11.6 Å². The van der Waals surface area contributed by atoms with Gasteiger partial charge in [0.05, 0.1) is 6.04 Å². The van der Waals surface area contributed by atoms with Crippen molar-refractivity contribution < 1.29 is 4.79 Å². The van der Waals surface area contributed by atoms with E-state index in [9.17, 15) is 4.79 Å². The number of carbonyl (C=O) groups excluding carboxylic acids is 1. The summed E-state index contributed by atoms with van der Waals surface area (Å²) in [5.74, 6) is 0.111. The molecule has 2 aromatic rings. The van der Waals surface area contributed by atoms with Gasteiger partial charge in [0.15, 0.2) is 0 Å². The molecule has 0 N–H and O–H groups in total. The fourth-order valence-corrected chi connectivity index (χ4v) is 3.22. The van der Waals surface area contributed by atoms with Gasteiger partial charge in [-0.1, -0.05) is 42.0 Å². The lowest BCUT2D eigenvalue weighted by atomic mass is 9.96. The van der Waals surface area contributed by atoms with Crippen molar-refractivity contribution in [3.8, 4) is 0 Å². The second-order valence-corrected chi connectivity index (χ2v) is 5.60. The predicted octanol–water partition coefficient (Wildman–Crippen LogP) is 3.95. The van der Waals surface area contributed by atoms with E-state index in [1.165, 1.54) is 22.3 Å². The highest BCUT2D eigenvalue weighted by molar-refractivity contribution is 5.94. The van der Waals surface area contributed by atoms with E-state index in [0.29, 0.717) is 0 Å². The zero-order valence-corrected chi connectivity index (χ0v) is 12.2. The quantitative estimate of drug-likeness (QED) is 0.764. The van der Waals surface area contributed by atoms with Gasteiger partial charge in [0.2, 0.25) is 5.91 Å². The molecule has 0 saturated carbocycles. The minimum absolute atomic E-state index is 0.111. The first kappa shape index (κ1) is 12.9. The van der Waals surface area contributed by atoms with Gasteiger partial charge < -0.3 is 4.90 Å². The van der Waals surface area contributed by atoms with Gasteiger partial charge in [0.25, 0.3) is 0 Å². The van der Waals surface area contributed by atoms with Crippen LogP contribution in [0.25, 0.3) is 0 Å². The van der Waals surface area contributed by atoms with Gasteiger partial charge >= 0.3 is 0 Å². The predicted molar refractivity (Wildman–Crippen MR) is 82.0 cm³/mol. The highest BCUT2D eigenvalue weighted by Gasteiger charge is 2.33. The Balaban J connectivity index is 2.09. The van der Waals surface area contributed by atoms with E-state index in [-0.39, 0.29) is 11.9 Å². The second-order valence-electron chi connectivity index (χ2n) is 5.60. The molecule has 0 aromatic heterocycles. The number of carbonyl (C=O) groups is 1. The molecule has 3 rings (SSSR count). The number of anilines is 1. The average molecular weight is 265 g/mol. The summed E-state index contributed by atoms with van der Waals surface area (Å²) in [5.41, 5.74) is 6.09. The van der Waals surface area contributed by atoms with Crippen LogP contribution in [0.4, 0.5) is 5.69 Å². The molecule has 1 aliphatic heterocycles. The molecule has 1 heterocycles. The fraction of sp³-hybridized carbons (Fsp3) is 0.278. The summed E-state index contributed by atoms with van der Waals surface area (Å²) in [6, 6.07) is 14.8. The van der Waals surface area contributed by atoms with E-state index in [2.05, 4.69) is 38.1 Å². The van der Waals surface area contributed by atoms with Crippen molar-refractivity contribution in [2.75, 3.05) is 4.90 Å². The number of hydrogen-bond acceptors (Lipinski definition) is 1. The maximum absolute atomic E-state index is 12.1. The molecule has 1 aliphatic rings. The number of rotatable bonds is 1. The molecule has 0 radical (unpaired) electrons. The first-order valence-electron chi connectivity index (χ1n) is 7.03. The second kappa shape index (κ2) is 4.78. The Hall–Kier alpha value is -2.09. The number of benzene rings is 2. The summed E-state index contributed by atoms with van der Waals surface area (Å²) in [5, 5.41) is 0. The molecule has 0 fully saturated rings. The van der Waals surface area contributed by atoms with Crippen molar-refractivity contribution in [2.24, 2.45) is 0 Å². The van der Waals surface area contributed by atoms with E-state index in [0.717, 1.165) is 12.1 Å². The molecule has 2 nitrogen and oxygen atoms in total. The van der Waals surface area contributed by atoms with Crippen LogP contribution in [0.1, 0.15) is 35.2 Å². The van der Waals surface area contributed by atoms with Gasteiger partial charge in [-0.05, 0) is 43.0 Å². The number of nitrogens with zero attached hydrogens (tertiary/aromatic N) is 1. The van der Waals surface area contributed by atoms with Crippen molar-refractivity contribution in [3.63, 3.8) is 0 Å². The van der Waals surface area contributed by atoms with Gasteiger partial charge in [0.1, 0.15) is 0 Å². The third-order valence-electron chi connectivity index (χ3n) is 4.10. The van der Waals surface area contributed by atoms with Gasteiger partial charge in [-0.25, -0.2) is 0 Å². The molecule has 0 spiro atoms. The summed E-state index contributed by atoms with van der Waals surface area (Å²) in [6.07, 6.45) is 0.902. The summed E-state index contributed by atoms with van der Waals surface area (Å²) in [4.78, 5) is 14.0. The molecule has 0 saturated heterocycles. The SMILES string of the molecule is CC(=O)N1c2ccccc2CC1c1ccc(C)cc1C. The molecule has 2 heteroatoms. The summed E-state index contributed by atoms with van der Waals surface area (Å²) in [6.45, 7) is 5.88. The van der Waals surface area contributed by atoms with Crippen LogP contribution in [0.5, 0.6) is 0 Å². The molecule has 0 bridgehead atoms. The van der Waals surface area contributed by atoms with E-state index in [1.807, 2.05) is 23.1 Å². The third-order valence-corrected chi connectivity index (χ3v) is 4.10.